The van der Waals surface area contributed by atoms with Crippen molar-refractivity contribution >= 4 is 10.8 Å². The number of phenols is 1. The van der Waals surface area contributed by atoms with E-state index in [-0.39, 0.29) is 36.2 Å². The van der Waals surface area contributed by atoms with Crippen molar-refractivity contribution in [3.8, 4) is 16.9 Å². The molecular formula is C21H22FNO3. The van der Waals surface area contributed by atoms with Crippen molar-refractivity contribution in [2.45, 2.75) is 33.2 Å². The summed E-state index contributed by atoms with van der Waals surface area (Å²) in [6, 6.07) is 9.58. The standard InChI is InChI=1S/C21H22FNO3/c1-12(2)20-19(14-4-7-18(22)13(3)10-14)16-6-5-15(25)11-17(16)21(26)23(20)8-9-24/h4-7,10-12,24-25H,8-9H2,1-3H3. The highest BCUT2D eigenvalue weighted by Gasteiger charge is 2.21. The first-order valence-electron chi connectivity index (χ1n) is 8.62. The zero-order valence-electron chi connectivity index (χ0n) is 15.1. The van der Waals surface area contributed by atoms with E-state index in [1.54, 1.807) is 35.8 Å². The van der Waals surface area contributed by atoms with Gasteiger partial charge in [-0.25, -0.2) is 4.39 Å². The molecular weight excluding hydrogens is 333 g/mol. The van der Waals surface area contributed by atoms with Crippen LogP contribution >= 0.6 is 0 Å². The third kappa shape index (κ3) is 2.99. The van der Waals surface area contributed by atoms with Crippen LogP contribution in [0.15, 0.2) is 41.2 Å². The quantitative estimate of drug-likeness (QED) is 0.745. The molecule has 0 aliphatic heterocycles. The maximum Gasteiger partial charge on any atom is 0.258 e. The number of fused-ring (bicyclic) bond motifs is 1. The fourth-order valence-corrected chi connectivity index (χ4v) is 3.48. The van der Waals surface area contributed by atoms with Gasteiger partial charge in [0.2, 0.25) is 0 Å². The van der Waals surface area contributed by atoms with Crippen LogP contribution in [-0.4, -0.2) is 21.4 Å². The number of hydrogen-bond donors (Lipinski definition) is 2. The summed E-state index contributed by atoms with van der Waals surface area (Å²) in [5, 5.41) is 20.4. The highest BCUT2D eigenvalue weighted by Crippen LogP contribution is 2.36. The summed E-state index contributed by atoms with van der Waals surface area (Å²) < 4.78 is 15.3. The minimum Gasteiger partial charge on any atom is -0.508 e. The molecule has 2 aromatic carbocycles. The molecule has 0 aliphatic carbocycles. The van der Waals surface area contributed by atoms with Crippen molar-refractivity contribution in [1.29, 1.82) is 0 Å². The monoisotopic (exact) mass is 355 g/mol. The van der Waals surface area contributed by atoms with Crippen molar-refractivity contribution in [3.05, 3.63) is 63.8 Å². The van der Waals surface area contributed by atoms with Gasteiger partial charge >= 0.3 is 0 Å². The second-order valence-electron chi connectivity index (χ2n) is 6.79. The molecule has 0 spiro atoms. The molecule has 3 rings (SSSR count). The highest BCUT2D eigenvalue weighted by molar-refractivity contribution is 5.98. The lowest BCUT2D eigenvalue weighted by Gasteiger charge is -2.22. The summed E-state index contributed by atoms with van der Waals surface area (Å²) >= 11 is 0. The molecule has 0 saturated heterocycles. The smallest absolute Gasteiger partial charge is 0.258 e. The predicted molar refractivity (Wildman–Crippen MR) is 101 cm³/mol. The first kappa shape index (κ1) is 18.1. The van der Waals surface area contributed by atoms with E-state index in [9.17, 15) is 19.4 Å². The van der Waals surface area contributed by atoms with Gasteiger partial charge in [-0.1, -0.05) is 19.9 Å². The first-order valence-corrected chi connectivity index (χ1v) is 8.62. The average Bonchev–Trinajstić information content (AvgIpc) is 2.59. The molecule has 0 radical (unpaired) electrons. The van der Waals surface area contributed by atoms with Gasteiger partial charge in [-0.3, -0.25) is 4.79 Å². The van der Waals surface area contributed by atoms with Gasteiger partial charge in [0.05, 0.1) is 12.0 Å². The van der Waals surface area contributed by atoms with E-state index < -0.39 is 0 Å². The zero-order chi connectivity index (χ0) is 19.0. The Morgan fingerprint density at radius 1 is 1.12 bits per heavy atom. The van der Waals surface area contributed by atoms with Crippen LogP contribution in [0.1, 0.15) is 31.0 Å². The molecule has 2 N–H and O–H groups in total. The molecule has 0 amide bonds. The van der Waals surface area contributed by atoms with Crippen LogP contribution in [0, 0.1) is 12.7 Å². The van der Waals surface area contributed by atoms with Crippen molar-refractivity contribution < 1.29 is 14.6 Å². The fraction of sp³-hybridized carbons (Fsp3) is 0.286. The van der Waals surface area contributed by atoms with Crippen LogP contribution in [0.5, 0.6) is 5.75 Å². The Morgan fingerprint density at radius 3 is 2.46 bits per heavy atom. The summed E-state index contributed by atoms with van der Waals surface area (Å²) in [6.07, 6.45) is 0. The SMILES string of the molecule is Cc1cc(-c2c(C(C)C)n(CCO)c(=O)c3cc(O)ccc23)ccc1F. The zero-order valence-corrected chi connectivity index (χ0v) is 15.1. The van der Waals surface area contributed by atoms with Gasteiger partial charge in [0, 0.05) is 17.8 Å². The van der Waals surface area contributed by atoms with Gasteiger partial charge in [-0.15, -0.1) is 0 Å². The maximum atomic E-state index is 13.8. The number of nitrogens with zero attached hydrogens (tertiary/aromatic N) is 1. The number of aliphatic hydroxyl groups is 1. The summed E-state index contributed by atoms with van der Waals surface area (Å²) in [7, 11) is 0. The molecule has 136 valence electrons. The van der Waals surface area contributed by atoms with Crippen LogP contribution in [0.4, 0.5) is 4.39 Å². The first-order chi connectivity index (χ1) is 12.3. The van der Waals surface area contributed by atoms with Crippen molar-refractivity contribution in [2.24, 2.45) is 0 Å². The summed E-state index contributed by atoms with van der Waals surface area (Å²) in [5.74, 6) is -0.276. The molecule has 0 aliphatic rings. The molecule has 0 fully saturated rings. The minimum atomic E-state index is -0.287. The molecule has 1 heterocycles. The lowest BCUT2D eigenvalue weighted by atomic mass is 9.91. The Morgan fingerprint density at radius 2 is 1.85 bits per heavy atom. The molecule has 26 heavy (non-hydrogen) atoms. The van der Waals surface area contributed by atoms with Gasteiger partial charge in [-0.2, -0.15) is 0 Å². The number of hydrogen-bond acceptors (Lipinski definition) is 3. The Labute approximate surface area is 151 Å². The van der Waals surface area contributed by atoms with Crippen LogP contribution in [-0.2, 0) is 6.54 Å². The van der Waals surface area contributed by atoms with Crippen molar-refractivity contribution in [3.63, 3.8) is 0 Å². The topological polar surface area (TPSA) is 62.5 Å². The molecule has 0 unspecified atom stereocenters. The number of aliphatic hydroxyl groups excluding tert-OH is 1. The number of phenolic OH excluding ortho intramolecular Hbond substituents is 1. The number of halogens is 1. The van der Waals surface area contributed by atoms with Gasteiger partial charge in [-0.05, 0) is 59.7 Å². The van der Waals surface area contributed by atoms with Crippen molar-refractivity contribution in [1.82, 2.24) is 4.57 Å². The fourth-order valence-electron chi connectivity index (χ4n) is 3.48. The molecule has 5 heteroatoms. The van der Waals surface area contributed by atoms with Crippen LogP contribution in [0.2, 0.25) is 0 Å². The molecule has 0 atom stereocenters. The Bertz CT molecular complexity index is 1040. The maximum absolute atomic E-state index is 13.8. The Kier molecular flexibility index (Phi) is 4.83. The van der Waals surface area contributed by atoms with E-state index in [0.717, 1.165) is 16.8 Å². The van der Waals surface area contributed by atoms with Crippen LogP contribution in [0.3, 0.4) is 0 Å². The van der Waals surface area contributed by atoms with Gasteiger partial charge in [0.25, 0.3) is 5.56 Å². The van der Waals surface area contributed by atoms with E-state index in [4.69, 9.17) is 0 Å². The number of pyridine rings is 1. The summed E-state index contributed by atoms with van der Waals surface area (Å²) in [5.41, 5.74) is 2.68. The van der Waals surface area contributed by atoms with E-state index in [0.29, 0.717) is 16.3 Å². The molecule has 0 saturated carbocycles. The highest BCUT2D eigenvalue weighted by atomic mass is 19.1. The van der Waals surface area contributed by atoms with Gasteiger partial charge in [0.1, 0.15) is 11.6 Å². The average molecular weight is 355 g/mol. The lowest BCUT2D eigenvalue weighted by molar-refractivity contribution is 0.272. The van der Waals surface area contributed by atoms with E-state index >= 15 is 0 Å². The second-order valence-corrected chi connectivity index (χ2v) is 6.79. The normalized spacial score (nSPS) is 11.5. The third-order valence-corrected chi connectivity index (χ3v) is 4.61. The molecule has 4 nitrogen and oxygen atoms in total. The minimum absolute atomic E-state index is 0.00341. The molecule has 3 aromatic rings. The number of aromatic nitrogens is 1. The largest absolute Gasteiger partial charge is 0.508 e. The Balaban J connectivity index is 2.52. The van der Waals surface area contributed by atoms with Crippen molar-refractivity contribution in [2.75, 3.05) is 6.61 Å². The number of benzene rings is 2. The summed E-state index contributed by atoms with van der Waals surface area (Å²) in [4.78, 5) is 13.0. The summed E-state index contributed by atoms with van der Waals surface area (Å²) in [6.45, 7) is 5.64. The van der Waals surface area contributed by atoms with Crippen LogP contribution < -0.4 is 5.56 Å². The lowest BCUT2D eigenvalue weighted by Crippen LogP contribution is -2.27. The van der Waals surface area contributed by atoms with E-state index in [1.165, 1.54) is 12.1 Å². The van der Waals surface area contributed by atoms with E-state index in [1.807, 2.05) is 13.8 Å². The Hall–Kier alpha value is -2.66. The molecule has 1 aromatic heterocycles. The second kappa shape index (κ2) is 6.92. The predicted octanol–water partition coefficient (Wildman–Crippen LogP) is 3.94. The number of aromatic hydroxyl groups is 1. The van der Waals surface area contributed by atoms with Crippen LogP contribution in [0.25, 0.3) is 21.9 Å². The van der Waals surface area contributed by atoms with Gasteiger partial charge < -0.3 is 14.8 Å². The third-order valence-electron chi connectivity index (χ3n) is 4.61. The van der Waals surface area contributed by atoms with Gasteiger partial charge in [0.15, 0.2) is 0 Å². The van der Waals surface area contributed by atoms with E-state index in [2.05, 4.69) is 0 Å². The number of aryl methyl sites for hydroxylation is 1. The number of rotatable bonds is 4. The molecule has 0 bridgehead atoms.